The first kappa shape index (κ1) is 14.5. The molecule has 1 saturated heterocycles. The zero-order chi connectivity index (χ0) is 14.7. The van der Waals surface area contributed by atoms with Crippen molar-refractivity contribution in [1.29, 1.82) is 0 Å². The number of carbonyl (C=O) groups excluding carboxylic acids is 1. The van der Waals surface area contributed by atoms with Crippen LogP contribution in [0.4, 0.5) is 0 Å². The van der Waals surface area contributed by atoms with Gasteiger partial charge in [0.25, 0.3) is 0 Å². The van der Waals surface area contributed by atoms with Crippen molar-refractivity contribution in [2.45, 2.75) is 24.9 Å². The van der Waals surface area contributed by atoms with Crippen molar-refractivity contribution in [3.8, 4) is 0 Å². The van der Waals surface area contributed by atoms with Gasteiger partial charge in [0.05, 0.1) is 0 Å². The van der Waals surface area contributed by atoms with Gasteiger partial charge >= 0.3 is 0 Å². The first-order chi connectivity index (χ1) is 10.2. The molecule has 21 heavy (non-hydrogen) atoms. The summed E-state index contributed by atoms with van der Waals surface area (Å²) in [5, 5.41) is 0. The van der Waals surface area contributed by atoms with Gasteiger partial charge in [0.15, 0.2) is 5.78 Å². The van der Waals surface area contributed by atoms with E-state index in [-0.39, 0.29) is 5.78 Å². The fourth-order valence-electron chi connectivity index (χ4n) is 2.95. The molecule has 0 aromatic heterocycles. The van der Waals surface area contributed by atoms with Crippen LogP contribution in [0.15, 0.2) is 59.1 Å². The number of benzene rings is 2. The molecule has 3 rings (SSSR count). The molecule has 2 nitrogen and oxygen atoms in total. The quantitative estimate of drug-likeness (QED) is 0.749. The van der Waals surface area contributed by atoms with Gasteiger partial charge < -0.3 is 4.74 Å². The lowest BCUT2D eigenvalue weighted by Gasteiger charge is -2.28. The molecular formula is C18H17BrO2. The lowest BCUT2D eigenvalue weighted by atomic mass is 9.85. The summed E-state index contributed by atoms with van der Waals surface area (Å²) in [4.78, 5) is 12.7. The van der Waals surface area contributed by atoms with E-state index in [4.69, 9.17) is 4.74 Å². The molecule has 1 aliphatic heterocycles. The summed E-state index contributed by atoms with van der Waals surface area (Å²) >= 11 is 3.46. The third-order valence-electron chi connectivity index (χ3n) is 4.02. The van der Waals surface area contributed by atoms with Crippen LogP contribution >= 0.6 is 15.9 Å². The maximum Gasteiger partial charge on any atom is 0.167 e. The number of rotatable bonds is 4. The van der Waals surface area contributed by atoms with Gasteiger partial charge in [-0.3, -0.25) is 4.79 Å². The molecule has 2 aromatic rings. The molecule has 0 N–H and O–H groups in total. The monoisotopic (exact) mass is 344 g/mol. The van der Waals surface area contributed by atoms with Crippen LogP contribution in [0.3, 0.4) is 0 Å². The van der Waals surface area contributed by atoms with Crippen molar-refractivity contribution in [1.82, 2.24) is 0 Å². The van der Waals surface area contributed by atoms with Crippen molar-refractivity contribution in [2.75, 3.05) is 6.61 Å². The Morgan fingerprint density at radius 2 is 1.81 bits per heavy atom. The molecule has 2 aromatic carbocycles. The van der Waals surface area contributed by atoms with Crippen molar-refractivity contribution < 1.29 is 9.53 Å². The fraction of sp³-hybridized carbons (Fsp3) is 0.278. The lowest BCUT2D eigenvalue weighted by molar-refractivity contribution is -0.00325. The average Bonchev–Trinajstić information content (AvgIpc) is 2.98. The largest absolute Gasteiger partial charge is 0.370 e. The predicted octanol–water partition coefficient (Wildman–Crippen LogP) is 4.73. The maximum atomic E-state index is 12.7. The van der Waals surface area contributed by atoms with Gasteiger partial charge in [0.1, 0.15) is 5.60 Å². The topological polar surface area (TPSA) is 26.3 Å². The molecule has 1 atom stereocenters. The van der Waals surface area contributed by atoms with Crippen molar-refractivity contribution in [3.05, 3.63) is 70.2 Å². The Hall–Kier alpha value is -1.45. The van der Waals surface area contributed by atoms with Crippen LogP contribution in [0, 0.1) is 0 Å². The van der Waals surface area contributed by atoms with Gasteiger partial charge in [-0.1, -0.05) is 64.5 Å². The SMILES string of the molecule is O=C(CC1(c2ccccc2)CCCO1)c1ccccc1Br. The Balaban J connectivity index is 1.90. The Kier molecular flexibility index (Phi) is 4.22. The van der Waals surface area contributed by atoms with E-state index in [9.17, 15) is 4.79 Å². The first-order valence-corrected chi connectivity index (χ1v) is 7.98. The molecule has 1 aliphatic rings. The van der Waals surface area contributed by atoms with Gasteiger partial charge in [-0.2, -0.15) is 0 Å². The zero-order valence-corrected chi connectivity index (χ0v) is 13.3. The maximum absolute atomic E-state index is 12.7. The second-order valence-electron chi connectivity index (χ2n) is 5.39. The van der Waals surface area contributed by atoms with E-state index >= 15 is 0 Å². The number of carbonyl (C=O) groups is 1. The Morgan fingerprint density at radius 3 is 2.48 bits per heavy atom. The minimum Gasteiger partial charge on any atom is -0.370 e. The second-order valence-corrected chi connectivity index (χ2v) is 6.25. The molecule has 1 unspecified atom stereocenters. The highest BCUT2D eigenvalue weighted by molar-refractivity contribution is 9.10. The molecule has 0 aliphatic carbocycles. The minimum absolute atomic E-state index is 0.119. The molecule has 108 valence electrons. The van der Waals surface area contributed by atoms with Crippen molar-refractivity contribution in [3.63, 3.8) is 0 Å². The molecular weight excluding hydrogens is 328 g/mol. The zero-order valence-electron chi connectivity index (χ0n) is 11.7. The molecule has 0 amide bonds. The van der Waals surface area contributed by atoms with Crippen LogP contribution < -0.4 is 0 Å². The summed E-state index contributed by atoms with van der Waals surface area (Å²) < 4.78 is 6.87. The number of hydrogen-bond donors (Lipinski definition) is 0. The summed E-state index contributed by atoms with van der Waals surface area (Å²) in [6.07, 6.45) is 2.28. The minimum atomic E-state index is -0.465. The summed E-state index contributed by atoms with van der Waals surface area (Å²) in [7, 11) is 0. The van der Waals surface area contributed by atoms with Crippen molar-refractivity contribution >= 4 is 21.7 Å². The van der Waals surface area contributed by atoms with E-state index in [1.807, 2.05) is 42.5 Å². The highest BCUT2D eigenvalue weighted by atomic mass is 79.9. The summed E-state index contributed by atoms with van der Waals surface area (Å²) in [6, 6.07) is 17.7. The van der Waals surface area contributed by atoms with Crippen LogP contribution in [-0.2, 0) is 10.3 Å². The highest BCUT2D eigenvalue weighted by Gasteiger charge is 2.39. The normalized spacial score (nSPS) is 21.4. The van der Waals surface area contributed by atoms with Crippen LogP contribution in [0.2, 0.25) is 0 Å². The van der Waals surface area contributed by atoms with E-state index in [1.165, 1.54) is 0 Å². The Bertz CT molecular complexity index is 631. The van der Waals surface area contributed by atoms with E-state index in [0.29, 0.717) is 6.42 Å². The molecule has 0 radical (unpaired) electrons. The third-order valence-corrected chi connectivity index (χ3v) is 4.72. The highest BCUT2D eigenvalue weighted by Crippen LogP contribution is 2.40. The molecule has 0 saturated carbocycles. The van der Waals surface area contributed by atoms with E-state index in [0.717, 1.165) is 35.0 Å². The van der Waals surface area contributed by atoms with Gasteiger partial charge in [0.2, 0.25) is 0 Å². The number of Topliss-reactive ketones (excluding diaryl/α,β-unsaturated/α-hetero) is 1. The molecule has 3 heteroatoms. The number of hydrogen-bond acceptors (Lipinski definition) is 2. The molecule has 0 bridgehead atoms. The van der Waals surface area contributed by atoms with Gasteiger partial charge in [-0.05, 0) is 24.5 Å². The van der Waals surface area contributed by atoms with Gasteiger partial charge in [-0.25, -0.2) is 0 Å². The summed E-state index contributed by atoms with van der Waals surface area (Å²) in [5.74, 6) is 0.119. The Labute approximate surface area is 133 Å². The van der Waals surface area contributed by atoms with Crippen molar-refractivity contribution in [2.24, 2.45) is 0 Å². The summed E-state index contributed by atoms with van der Waals surface area (Å²) in [5.41, 5.74) is 1.36. The van der Waals surface area contributed by atoms with Crippen LogP contribution in [0.1, 0.15) is 35.2 Å². The number of ketones is 1. The predicted molar refractivity (Wildman–Crippen MR) is 86.4 cm³/mol. The van der Waals surface area contributed by atoms with Crippen LogP contribution in [0.5, 0.6) is 0 Å². The van der Waals surface area contributed by atoms with E-state index < -0.39 is 5.60 Å². The molecule has 0 spiro atoms. The van der Waals surface area contributed by atoms with Gasteiger partial charge in [-0.15, -0.1) is 0 Å². The first-order valence-electron chi connectivity index (χ1n) is 7.18. The average molecular weight is 345 g/mol. The lowest BCUT2D eigenvalue weighted by Crippen LogP contribution is -2.28. The standard InChI is InChI=1S/C18H17BrO2/c19-16-10-5-4-9-15(16)17(20)13-18(11-6-12-21-18)14-7-2-1-3-8-14/h1-5,7-10H,6,11-13H2. The fourth-order valence-corrected chi connectivity index (χ4v) is 3.46. The van der Waals surface area contributed by atoms with Crippen LogP contribution in [0.25, 0.3) is 0 Å². The van der Waals surface area contributed by atoms with Gasteiger partial charge in [0, 0.05) is 23.1 Å². The molecule has 1 heterocycles. The van der Waals surface area contributed by atoms with Crippen LogP contribution in [-0.4, -0.2) is 12.4 Å². The number of ether oxygens (including phenoxy) is 1. The molecule has 1 fully saturated rings. The summed E-state index contributed by atoms with van der Waals surface area (Å²) in [6.45, 7) is 0.720. The number of halogens is 1. The van der Waals surface area contributed by atoms with E-state index in [2.05, 4.69) is 28.1 Å². The smallest absolute Gasteiger partial charge is 0.167 e. The second kappa shape index (κ2) is 6.12. The van der Waals surface area contributed by atoms with E-state index in [1.54, 1.807) is 0 Å². The third kappa shape index (κ3) is 2.94. The Morgan fingerprint density at radius 1 is 1.10 bits per heavy atom.